The zero-order chi connectivity index (χ0) is 16.7. The number of rotatable bonds is 6. The molecule has 1 unspecified atom stereocenters. The largest absolute Gasteiger partial charge is 0.356 e. The van der Waals surface area contributed by atoms with Crippen LogP contribution in [0.2, 0.25) is 0 Å². The molecule has 24 heavy (non-hydrogen) atoms. The summed E-state index contributed by atoms with van der Waals surface area (Å²) < 4.78 is 1.94. The molecule has 0 bridgehead atoms. The van der Waals surface area contributed by atoms with Gasteiger partial charge in [-0.15, -0.1) is 24.0 Å². The fourth-order valence-corrected chi connectivity index (χ4v) is 2.44. The summed E-state index contributed by atoms with van der Waals surface area (Å²) in [6.45, 7) is 8.86. The number of hydrogen-bond donors (Lipinski definition) is 2. The van der Waals surface area contributed by atoms with E-state index in [0.717, 1.165) is 25.6 Å². The lowest BCUT2D eigenvalue weighted by molar-refractivity contribution is 0.595. The molecule has 0 amide bonds. The van der Waals surface area contributed by atoms with Crippen molar-refractivity contribution in [2.45, 2.75) is 33.2 Å². The van der Waals surface area contributed by atoms with Crippen molar-refractivity contribution >= 4 is 29.9 Å². The smallest absolute Gasteiger partial charge is 0.191 e. The maximum Gasteiger partial charge on any atom is 0.191 e. The Morgan fingerprint density at radius 3 is 2.67 bits per heavy atom. The van der Waals surface area contributed by atoms with Gasteiger partial charge in [0.05, 0.1) is 12.7 Å². The van der Waals surface area contributed by atoms with Gasteiger partial charge in [0.25, 0.3) is 0 Å². The Morgan fingerprint density at radius 1 is 1.25 bits per heavy atom. The molecule has 6 heteroatoms. The van der Waals surface area contributed by atoms with Gasteiger partial charge in [0.15, 0.2) is 5.96 Å². The summed E-state index contributed by atoms with van der Waals surface area (Å²) >= 11 is 0. The minimum atomic E-state index is 0. The number of benzene rings is 1. The molecule has 0 saturated carbocycles. The molecule has 1 aromatic heterocycles. The van der Waals surface area contributed by atoms with Crippen LogP contribution in [0, 0.1) is 13.8 Å². The van der Waals surface area contributed by atoms with Gasteiger partial charge in [0.1, 0.15) is 0 Å². The fourth-order valence-electron chi connectivity index (χ4n) is 2.44. The van der Waals surface area contributed by atoms with Crippen LogP contribution in [0.1, 0.15) is 29.5 Å². The van der Waals surface area contributed by atoms with Crippen LogP contribution < -0.4 is 10.6 Å². The van der Waals surface area contributed by atoms with Crippen LogP contribution in [0.4, 0.5) is 0 Å². The Kier molecular flexibility index (Phi) is 8.81. The van der Waals surface area contributed by atoms with E-state index in [2.05, 4.69) is 58.8 Å². The predicted octanol–water partition coefficient (Wildman–Crippen LogP) is 3.09. The van der Waals surface area contributed by atoms with Gasteiger partial charge in [-0.05, 0) is 30.9 Å². The number of nitrogens with zero attached hydrogens (tertiary/aromatic N) is 3. The minimum Gasteiger partial charge on any atom is -0.356 e. The second kappa shape index (κ2) is 10.3. The molecule has 132 valence electrons. The number of nitrogens with one attached hydrogen (secondary N) is 2. The van der Waals surface area contributed by atoms with Gasteiger partial charge in [0.2, 0.25) is 0 Å². The highest BCUT2D eigenvalue weighted by atomic mass is 127. The molecule has 0 aliphatic heterocycles. The van der Waals surface area contributed by atoms with Gasteiger partial charge < -0.3 is 10.6 Å². The highest BCUT2D eigenvalue weighted by molar-refractivity contribution is 14.0. The molecular weight excluding hydrogens is 413 g/mol. The summed E-state index contributed by atoms with van der Waals surface area (Å²) in [4.78, 5) is 4.27. The maximum atomic E-state index is 4.28. The lowest BCUT2D eigenvalue weighted by Crippen LogP contribution is -2.40. The van der Waals surface area contributed by atoms with E-state index in [1.807, 2.05) is 24.0 Å². The van der Waals surface area contributed by atoms with Crippen molar-refractivity contribution < 1.29 is 0 Å². The SMILES string of the molecule is CN=C(NCCn1cc(C)cn1)NCC(C)c1cccc(C)c1.I. The molecule has 2 aromatic rings. The predicted molar refractivity (Wildman–Crippen MR) is 111 cm³/mol. The van der Waals surface area contributed by atoms with E-state index < -0.39 is 0 Å². The quantitative estimate of drug-likeness (QED) is 0.412. The lowest BCUT2D eigenvalue weighted by Gasteiger charge is -2.16. The topological polar surface area (TPSA) is 54.2 Å². The third-order valence-corrected chi connectivity index (χ3v) is 3.81. The summed E-state index contributed by atoms with van der Waals surface area (Å²) in [5.41, 5.74) is 3.82. The van der Waals surface area contributed by atoms with Gasteiger partial charge in [-0.25, -0.2) is 0 Å². The first-order valence-electron chi connectivity index (χ1n) is 8.08. The molecule has 5 nitrogen and oxygen atoms in total. The van der Waals surface area contributed by atoms with Gasteiger partial charge in [0, 0.05) is 26.3 Å². The fraction of sp³-hybridized carbons (Fsp3) is 0.444. The van der Waals surface area contributed by atoms with E-state index in [1.165, 1.54) is 16.7 Å². The zero-order valence-electron chi connectivity index (χ0n) is 14.9. The number of aliphatic imine (C=N–C) groups is 1. The van der Waals surface area contributed by atoms with Crippen LogP contribution in [-0.2, 0) is 6.54 Å². The van der Waals surface area contributed by atoms with Crippen molar-refractivity contribution in [1.82, 2.24) is 20.4 Å². The monoisotopic (exact) mass is 441 g/mol. The summed E-state index contributed by atoms with van der Waals surface area (Å²) in [6, 6.07) is 8.65. The van der Waals surface area contributed by atoms with Crippen molar-refractivity contribution in [1.29, 1.82) is 0 Å². The number of aromatic nitrogens is 2. The van der Waals surface area contributed by atoms with Crippen molar-refractivity contribution in [2.75, 3.05) is 20.1 Å². The van der Waals surface area contributed by atoms with Crippen LogP contribution >= 0.6 is 24.0 Å². The Balaban J connectivity index is 0.00000288. The van der Waals surface area contributed by atoms with Gasteiger partial charge in [-0.2, -0.15) is 5.10 Å². The third kappa shape index (κ3) is 6.51. The molecule has 0 saturated heterocycles. The summed E-state index contributed by atoms with van der Waals surface area (Å²) in [7, 11) is 1.80. The molecule has 2 N–H and O–H groups in total. The third-order valence-electron chi connectivity index (χ3n) is 3.81. The summed E-state index contributed by atoms with van der Waals surface area (Å²) in [6.07, 6.45) is 3.91. The standard InChI is InChI=1S/C18H27N5.HI/c1-14-6-5-7-17(10-14)16(3)12-21-18(19-4)20-8-9-23-13-15(2)11-22-23;/h5-7,10-11,13,16H,8-9,12H2,1-4H3,(H2,19,20,21);1H. The van der Waals surface area contributed by atoms with Crippen molar-refractivity contribution in [2.24, 2.45) is 4.99 Å². The van der Waals surface area contributed by atoms with Gasteiger partial charge in [-0.1, -0.05) is 36.8 Å². The molecule has 0 radical (unpaired) electrons. The zero-order valence-corrected chi connectivity index (χ0v) is 17.2. The van der Waals surface area contributed by atoms with E-state index in [4.69, 9.17) is 0 Å². The first-order valence-corrected chi connectivity index (χ1v) is 8.08. The maximum absolute atomic E-state index is 4.28. The molecule has 2 rings (SSSR count). The Bertz CT molecular complexity index is 650. The van der Waals surface area contributed by atoms with Crippen LogP contribution in [0.25, 0.3) is 0 Å². The minimum absolute atomic E-state index is 0. The number of halogens is 1. The first kappa shape index (κ1) is 20.5. The normalized spacial score (nSPS) is 12.4. The van der Waals surface area contributed by atoms with E-state index in [1.54, 1.807) is 7.05 Å². The average Bonchev–Trinajstić information content (AvgIpc) is 2.95. The highest BCUT2D eigenvalue weighted by Crippen LogP contribution is 2.15. The molecule has 1 aromatic carbocycles. The number of guanidine groups is 1. The number of aryl methyl sites for hydroxylation is 2. The van der Waals surface area contributed by atoms with E-state index >= 15 is 0 Å². The van der Waals surface area contributed by atoms with E-state index in [9.17, 15) is 0 Å². The molecule has 0 spiro atoms. The molecule has 0 aliphatic rings. The second-order valence-corrected chi connectivity index (χ2v) is 5.98. The Morgan fingerprint density at radius 2 is 2.04 bits per heavy atom. The van der Waals surface area contributed by atoms with Crippen molar-refractivity contribution in [3.8, 4) is 0 Å². The average molecular weight is 441 g/mol. The Hall–Kier alpha value is -1.57. The lowest BCUT2D eigenvalue weighted by atomic mass is 9.99. The second-order valence-electron chi connectivity index (χ2n) is 5.98. The van der Waals surface area contributed by atoms with Crippen molar-refractivity contribution in [3.05, 3.63) is 53.3 Å². The first-order chi connectivity index (χ1) is 11.1. The van der Waals surface area contributed by atoms with Crippen molar-refractivity contribution in [3.63, 3.8) is 0 Å². The molecule has 1 atom stereocenters. The molecular formula is C18H28IN5. The summed E-state index contributed by atoms with van der Waals surface area (Å²) in [5.74, 6) is 1.26. The van der Waals surface area contributed by atoms with E-state index in [0.29, 0.717) is 5.92 Å². The number of hydrogen-bond acceptors (Lipinski definition) is 2. The molecule has 0 fully saturated rings. The molecule has 0 aliphatic carbocycles. The summed E-state index contributed by atoms with van der Waals surface area (Å²) in [5, 5.41) is 11.0. The van der Waals surface area contributed by atoms with Crippen LogP contribution in [0.3, 0.4) is 0 Å². The van der Waals surface area contributed by atoms with Crippen LogP contribution in [-0.4, -0.2) is 35.9 Å². The Labute approximate surface area is 162 Å². The van der Waals surface area contributed by atoms with Crippen LogP contribution in [0.15, 0.2) is 41.7 Å². The van der Waals surface area contributed by atoms with Gasteiger partial charge >= 0.3 is 0 Å². The van der Waals surface area contributed by atoms with Crippen LogP contribution in [0.5, 0.6) is 0 Å². The molecule has 1 heterocycles. The van der Waals surface area contributed by atoms with Gasteiger partial charge in [-0.3, -0.25) is 9.67 Å². The highest BCUT2D eigenvalue weighted by Gasteiger charge is 2.06. The van der Waals surface area contributed by atoms with E-state index in [-0.39, 0.29) is 24.0 Å².